The molecule has 2 saturated heterocycles. The van der Waals surface area contributed by atoms with Gasteiger partial charge < -0.3 is 24.8 Å². The number of rotatable bonds is 3. The average Bonchev–Trinajstić information content (AvgIpc) is 3.06. The average molecular weight is 584 g/mol. The van der Waals surface area contributed by atoms with Gasteiger partial charge in [0.2, 0.25) is 0 Å². The van der Waals surface area contributed by atoms with Crippen LogP contribution in [0.5, 0.6) is 0 Å². The number of piperidine rings is 1. The fourth-order valence-corrected chi connectivity index (χ4v) is 9.51. The summed E-state index contributed by atoms with van der Waals surface area (Å²) in [6, 6.07) is 18.0. The Labute approximate surface area is 255 Å². The first-order chi connectivity index (χ1) is 21.1. The fraction of sp³-hybridized carbons (Fsp3) is 0.600. The van der Waals surface area contributed by atoms with Crippen molar-refractivity contribution in [2.75, 3.05) is 62.3 Å². The van der Waals surface area contributed by atoms with E-state index in [1.54, 1.807) is 0 Å². The van der Waals surface area contributed by atoms with Crippen molar-refractivity contribution >= 4 is 29.1 Å². The Morgan fingerprint density at radius 1 is 0.698 bits per heavy atom. The summed E-state index contributed by atoms with van der Waals surface area (Å²) in [6.07, 6.45) is 8.66. The van der Waals surface area contributed by atoms with E-state index in [1.165, 1.54) is 37.7 Å². The monoisotopic (exact) mass is 583 g/mol. The van der Waals surface area contributed by atoms with Gasteiger partial charge in [0.15, 0.2) is 0 Å². The molecular weight excluding hydrogens is 538 g/mol. The molecule has 4 amide bonds. The molecule has 3 heterocycles. The molecule has 4 saturated carbocycles. The molecule has 3 aliphatic heterocycles. The molecule has 43 heavy (non-hydrogen) atoms. The number of morpholine rings is 1. The number of hydrogen-bond acceptors (Lipinski definition) is 4. The molecule has 8 heteroatoms. The van der Waals surface area contributed by atoms with E-state index in [1.807, 2.05) is 20.8 Å². The number of urea groups is 2. The van der Waals surface area contributed by atoms with E-state index < -0.39 is 0 Å². The van der Waals surface area contributed by atoms with Crippen molar-refractivity contribution in [2.45, 2.75) is 56.9 Å². The van der Waals surface area contributed by atoms with Crippen LogP contribution < -0.4 is 15.1 Å². The lowest BCUT2D eigenvalue weighted by atomic mass is 9.54. The van der Waals surface area contributed by atoms with Gasteiger partial charge in [-0.25, -0.2) is 9.59 Å². The second-order valence-corrected chi connectivity index (χ2v) is 13.9. The Bertz CT molecular complexity index is 1310. The maximum Gasteiger partial charge on any atom is 0.322 e. The zero-order valence-corrected chi connectivity index (χ0v) is 25.2. The molecular formula is C35H45N5O3. The lowest BCUT2D eigenvalue weighted by Crippen LogP contribution is -2.59. The van der Waals surface area contributed by atoms with Gasteiger partial charge in [0.25, 0.3) is 0 Å². The van der Waals surface area contributed by atoms with E-state index in [9.17, 15) is 9.59 Å². The molecule has 0 spiro atoms. The summed E-state index contributed by atoms with van der Waals surface area (Å²) in [5.74, 6) is 3.63. The summed E-state index contributed by atoms with van der Waals surface area (Å²) in [7, 11) is 0. The van der Waals surface area contributed by atoms with Crippen LogP contribution >= 0.6 is 0 Å². The number of nitrogens with zero attached hydrogens (tertiary/aromatic N) is 4. The van der Waals surface area contributed by atoms with Crippen molar-refractivity contribution in [2.24, 2.45) is 23.7 Å². The van der Waals surface area contributed by atoms with Gasteiger partial charge in [-0.1, -0.05) is 24.3 Å². The highest BCUT2D eigenvalue weighted by atomic mass is 16.5. The maximum atomic E-state index is 13.7. The largest absolute Gasteiger partial charge is 0.378 e. The van der Waals surface area contributed by atoms with Crippen molar-refractivity contribution in [3.05, 3.63) is 54.1 Å². The van der Waals surface area contributed by atoms with E-state index in [0.29, 0.717) is 56.6 Å². The highest BCUT2D eigenvalue weighted by Gasteiger charge is 2.49. The number of para-hydroxylation sites is 2. The van der Waals surface area contributed by atoms with Gasteiger partial charge in [0.1, 0.15) is 0 Å². The normalized spacial score (nSPS) is 30.4. The van der Waals surface area contributed by atoms with Gasteiger partial charge in [-0.15, -0.1) is 0 Å². The minimum Gasteiger partial charge on any atom is -0.378 e. The van der Waals surface area contributed by atoms with E-state index in [2.05, 4.69) is 52.7 Å². The van der Waals surface area contributed by atoms with Crippen LogP contribution in [-0.4, -0.2) is 80.4 Å². The van der Waals surface area contributed by atoms with Crippen LogP contribution in [-0.2, 0) is 4.74 Å². The van der Waals surface area contributed by atoms with Crippen LogP contribution in [0.25, 0.3) is 0 Å². The van der Waals surface area contributed by atoms with Gasteiger partial charge in [-0.05, 0) is 104 Å². The molecule has 7 aliphatic rings. The molecule has 8 nitrogen and oxygen atoms in total. The summed E-state index contributed by atoms with van der Waals surface area (Å²) < 4.78 is 5.41. The van der Waals surface area contributed by atoms with E-state index in [0.717, 1.165) is 61.4 Å². The zero-order chi connectivity index (χ0) is 28.9. The molecule has 2 aromatic rings. The smallest absolute Gasteiger partial charge is 0.322 e. The molecule has 0 aromatic heterocycles. The second-order valence-electron chi connectivity index (χ2n) is 13.9. The van der Waals surface area contributed by atoms with Crippen LogP contribution in [0.1, 0.15) is 56.4 Å². The minimum absolute atomic E-state index is 0.0818. The molecule has 0 unspecified atom stereocenters. The highest BCUT2D eigenvalue weighted by molar-refractivity contribution is 5.98. The molecule has 228 valence electrons. The van der Waals surface area contributed by atoms with E-state index in [4.69, 9.17) is 4.74 Å². The highest BCUT2D eigenvalue weighted by Crippen LogP contribution is 2.54. The summed E-state index contributed by atoms with van der Waals surface area (Å²) >= 11 is 0. The van der Waals surface area contributed by atoms with Crippen molar-refractivity contribution in [1.82, 2.24) is 15.1 Å². The second kappa shape index (κ2) is 11.3. The van der Waals surface area contributed by atoms with Crippen LogP contribution in [0.2, 0.25) is 0 Å². The summed E-state index contributed by atoms with van der Waals surface area (Å²) in [6.45, 7) is 5.75. The van der Waals surface area contributed by atoms with E-state index in [-0.39, 0.29) is 12.1 Å². The third-order valence-electron chi connectivity index (χ3n) is 11.5. The molecule has 2 aromatic carbocycles. The minimum atomic E-state index is 0.0818. The number of carbonyl (C=O) groups excluding carboxylic acids is 2. The number of fused-ring (bicyclic) bond motifs is 1. The molecule has 0 radical (unpaired) electrons. The number of amides is 4. The Morgan fingerprint density at radius 2 is 1.33 bits per heavy atom. The van der Waals surface area contributed by atoms with Crippen molar-refractivity contribution in [1.29, 1.82) is 0 Å². The summed E-state index contributed by atoms with van der Waals surface area (Å²) in [4.78, 5) is 34.9. The van der Waals surface area contributed by atoms with E-state index >= 15 is 0 Å². The van der Waals surface area contributed by atoms with Crippen molar-refractivity contribution in [3.63, 3.8) is 0 Å². The number of likely N-dealkylation sites (tertiary alicyclic amines) is 1. The molecule has 1 N–H and O–H groups in total. The predicted molar refractivity (Wildman–Crippen MR) is 168 cm³/mol. The van der Waals surface area contributed by atoms with Gasteiger partial charge in [0, 0.05) is 51.0 Å². The molecule has 4 bridgehead atoms. The molecule has 9 rings (SSSR count). The Balaban J connectivity index is 0.917. The fourth-order valence-electron chi connectivity index (χ4n) is 9.51. The number of ether oxygens (including phenoxy) is 1. The predicted octanol–water partition coefficient (Wildman–Crippen LogP) is 5.81. The Hall–Kier alpha value is -3.26. The van der Waals surface area contributed by atoms with Crippen molar-refractivity contribution in [3.8, 4) is 0 Å². The number of anilines is 3. The zero-order valence-electron chi connectivity index (χ0n) is 25.2. The van der Waals surface area contributed by atoms with Gasteiger partial charge in [-0.3, -0.25) is 4.90 Å². The molecule has 6 fully saturated rings. The topological polar surface area (TPSA) is 68.4 Å². The summed E-state index contributed by atoms with van der Waals surface area (Å²) in [5, 5.41) is 3.54. The van der Waals surface area contributed by atoms with Crippen LogP contribution in [0.3, 0.4) is 0 Å². The van der Waals surface area contributed by atoms with Crippen LogP contribution in [0.15, 0.2) is 48.5 Å². The number of nitrogens with one attached hydrogen (secondary N) is 1. The SMILES string of the molecule is O=C(N1CCOCC1)N1CCC(c2ccc(N3CCN(C(=O)NC4C5CC6CC(C5)CC4C6)c4ccccc43)cc2)CC1. The van der Waals surface area contributed by atoms with Gasteiger partial charge in [0.05, 0.1) is 24.6 Å². The quantitative estimate of drug-likeness (QED) is 0.495. The third kappa shape index (κ3) is 5.15. The summed E-state index contributed by atoms with van der Waals surface area (Å²) in [5.41, 5.74) is 4.61. The van der Waals surface area contributed by atoms with Crippen LogP contribution in [0.4, 0.5) is 26.7 Å². The molecule has 4 aliphatic carbocycles. The van der Waals surface area contributed by atoms with Crippen LogP contribution in [0, 0.1) is 23.7 Å². The van der Waals surface area contributed by atoms with Gasteiger partial charge in [-0.2, -0.15) is 0 Å². The standard InChI is InChI=1S/C35H45N5O3/c41-34(36-33-28-20-24-19-25(22-28)23-29(33)21-24)40-14-13-39(31-3-1-2-4-32(31)40)30-7-5-26(6-8-30)27-9-11-37(12-10-27)35(42)38-15-17-43-18-16-38/h1-8,24-25,27-29,33H,9-23H2,(H,36,41). The number of hydrogen-bond donors (Lipinski definition) is 1. The van der Waals surface area contributed by atoms with Crippen molar-refractivity contribution < 1.29 is 14.3 Å². The third-order valence-corrected chi connectivity index (χ3v) is 11.5. The first-order valence-corrected chi connectivity index (χ1v) is 16.8. The molecule has 0 atom stereocenters. The maximum absolute atomic E-state index is 13.7. The Kier molecular flexibility index (Phi) is 7.20. The number of benzene rings is 2. The lowest BCUT2D eigenvalue weighted by Gasteiger charge is -2.54. The first kappa shape index (κ1) is 27.3. The Morgan fingerprint density at radius 3 is 2.00 bits per heavy atom. The van der Waals surface area contributed by atoms with Gasteiger partial charge >= 0.3 is 12.1 Å². The lowest BCUT2D eigenvalue weighted by molar-refractivity contribution is -0.00911. The number of carbonyl (C=O) groups is 2. The first-order valence-electron chi connectivity index (χ1n) is 16.8.